The molecule has 0 aliphatic carbocycles. The molecule has 4 rings (SSSR count). The van der Waals surface area contributed by atoms with Gasteiger partial charge in [-0.05, 0) is 51.0 Å². The van der Waals surface area contributed by atoms with Crippen LogP contribution < -0.4 is 5.56 Å². The van der Waals surface area contributed by atoms with E-state index in [1.807, 2.05) is 69.3 Å². The van der Waals surface area contributed by atoms with E-state index in [9.17, 15) is 9.59 Å². The van der Waals surface area contributed by atoms with Crippen molar-refractivity contribution in [3.63, 3.8) is 0 Å². The molecule has 4 aromatic rings. The number of ketones is 1. The zero-order valence-electron chi connectivity index (χ0n) is 19.6. The van der Waals surface area contributed by atoms with Crippen molar-refractivity contribution in [2.45, 2.75) is 52.4 Å². The molecule has 2 aromatic heterocycles. The smallest absolute Gasteiger partial charge is 0.262 e. The number of benzene rings is 2. The van der Waals surface area contributed by atoms with Crippen LogP contribution in [0.2, 0.25) is 0 Å². The lowest BCUT2D eigenvalue weighted by molar-refractivity contribution is 0.102. The molecule has 170 valence electrons. The SMILES string of the molecule is CCCn1c(C)cc(C(=O)CSc2nc3ccccc3c(=O)n2Cc2ccc(C)cc2)c1C. The van der Waals surface area contributed by atoms with Crippen LogP contribution in [0.25, 0.3) is 10.9 Å². The summed E-state index contributed by atoms with van der Waals surface area (Å²) in [5.41, 5.74) is 5.61. The first-order valence-electron chi connectivity index (χ1n) is 11.3. The van der Waals surface area contributed by atoms with Crippen LogP contribution in [0.4, 0.5) is 0 Å². The Kier molecular flexibility index (Phi) is 6.84. The maximum absolute atomic E-state index is 13.3. The zero-order valence-corrected chi connectivity index (χ0v) is 20.4. The van der Waals surface area contributed by atoms with Gasteiger partial charge in [0.1, 0.15) is 0 Å². The number of nitrogens with zero attached hydrogens (tertiary/aromatic N) is 3. The third-order valence-electron chi connectivity index (χ3n) is 5.94. The van der Waals surface area contributed by atoms with Gasteiger partial charge in [0, 0.05) is 23.5 Å². The van der Waals surface area contributed by atoms with Crippen molar-refractivity contribution in [2.24, 2.45) is 0 Å². The Morgan fingerprint density at radius 1 is 1.00 bits per heavy atom. The minimum atomic E-state index is -0.0859. The van der Waals surface area contributed by atoms with Gasteiger partial charge in [-0.1, -0.05) is 60.6 Å². The number of aromatic nitrogens is 3. The first-order chi connectivity index (χ1) is 15.9. The van der Waals surface area contributed by atoms with Crippen molar-refractivity contribution < 1.29 is 4.79 Å². The number of carbonyl (C=O) groups is 1. The average molecular weight is 460 g/mol. The summed E-state index contributed by atoms with van der Waals surface area (Å²) in [6.45, 7) is 9.53. The normalized spacial score (nSPS) is 11.3. The molecule has 0 fully saturated rings. The lowest BCUT2D eigenvalue weighted by Crippen LogP contribution is -2.24. The van der Waals surface area contributed by atoms with Gasteiger partial charge in [-0.15, -0.1) is 0 Å². The summed E-state index contributed by atoms with van der Waals surface area (Å²) in [6, 6.07) is 17.5. The number of hydrogen-bond acceptors (Lipinski definition) is 4. The maximum Gasteiger partial charge on any atom is 0.262 e. The highest BCUT2D eigenvalue weighted by Crippen LogP contribution is 2.23. The van der Waals surface area contributed by atoms with Crippen LogP contribution in [-0.4, -0.2) is 25.7 Å². The summed E-state index contributed by atoms with van der Waals surface area (Å²) < 4.78 is 3.88. The molecule has 0 unspecified atom stereocenters. The van der Waals surface area contributed by atoms with E-state index in [1.54, 1.807) is 10.6 Å². The van der Waals surface area contributed by atoms with Crippen molar-refractivity contribution in [3.05, 3.63) is 93.0 Å². The van der Waals surface area contributed by atoms with Crippen molar-refractivity contribution in [2.75, 3.05) is 5.75 Å². The van der Waals surface area contributed by atoms with Crippen LogP contribution in [-0.2, 0) is 13.1 Å². The van der Waals surface area contributed by atoms with Gasteiger partial charge >= 0.3 is 0 Å². The van der Waals surface area contributed by atoms with Crippen molar-refractivity contribution >= 4 is 28.4 Å². The highest BCUT2D eigenvalue weighted by atomic mass is 32.2. The molecule has 0 radical (unpaired) electrons. The predicted octanol–water partition coefficient (Wildman–Crippen LogP) is 5.56. The van der Waals surface area contributed by atoms with Gasteiger partial charge in [0.05, 0.1) is 23.2 Å². The fourth-order valence-electron chi connectivity index (χ4n) is 4.13. The molecule has 2 aromatic carbocycles. The molecule has 2 heterocycles. The number of Topliss-reactive ketones (excluding diaryl/α,β-unsaturated/α-hetero) is 1. The van der Waals surface area contributed by atoms with Crippen molar-refractivity contribution in [1.82, 2.24) is 14.1 Å². The second-order valence-electron chi connectivity index (χ2n) is 8.44. The summed E-state index contributed by atoms with van der Waals surface area (Å²) in [5, 5.41) is 1.15. The molecule has 0 saturated carbocycles. The third-order valence-corrected chi connectivity index (χ3v) is 6.92. The van der Waals surface area contributed by atoms with E-state index in [-0.39, 0.29) is 17.1 Å². The molecule has 5 nitrogen and oxygen atoms in total. The van der Waals surface area contributed by atoms with Gasteiger partial charge in [-0.3, -0.25) is 14.2 Å². The van der Waals surface area contributed by atoms with E-state index in [0.29, 0.717) is 22.6 Å². The summed E-state index contributed by atoms with van der Waals surface area (Å²) >= 11 is 1.33. The third kappa shape index (κ3) is 4.81. The molecule has 0 bridgehead atoms. The van der Waals surface area contributed by atoms with E-state index in [0.717, 1.165) is 35.5 Å². The largest absolute Gasteiger partial charge is 0.348 e. The van der Waals surface area contributed by atoms with E-state index in [2.05, 4.69) is 11.5 Å². The average Bonchev–Trinajstić information content (AvgIpc) is 3.09. The number of para-hydroxylation sites is 1. The van der Waals surface area contributed by atoms with Gasteiger partial charge in [0.25, 0.3) is 5.56 Å². The Balaban J connectivity index is 1.66. The Morgan fingerprint density at radius 2 is 1.73 bits per heavy atom. The second kappa shape index (κ2) is 9.79. The van der Waals surface area contributed by atoms with E-state index in [4.69, 9.17) is 4.98 Å². The highest BCUT2D eigenvalue weighted by molar-refractivity contribution is 7.99. The van der Waals surface area contributed by atoms with Crippen LogP contribution in [0.15, 0.2) is 64.5 Å². The lowest BCUT2D eigenvalue weighted by Gasteiger charge is -2.13. The Morgan fingerprint density at radius 3 is 2.45 bits per heavy atom. The summed E-state index contributed by atoms with van der Waals surface area (Å²) in [7, 11) is 0. The standard InChI is InChI=1S/C27H29N3O2S/c1-5-14-29-19(3)15-23(20(29)4)25(31)17-33-27-28-24-9-7-6-8-22(24)26(32)30(27)16-21-12-10-18(2)11-13-21/h6-13,15H,5,14,16-17H2,1-4H3. The zero-order chi connectivity index (χ0) is 23.5. The molecule has 0 amide bonds. The van der Waals surface area contributed by atoms with Crippen LogP contribution in [0, 0.1) is 20.8 Å². The maximum atomic E-state index is 13.3. The minimum Gasteiger partial charge on any atom is -0.348 e. The Hall–Kier alpha value is -3.12. The fourth-order valence-corrected chi connectivity index (χ4v) is 5.01. The van der Waals surface area contributed by atoms with Gasteiger partial charge in [-0.25, -0.2) is 4.98 Å². The lowest BCUT2D eigenvalue weighted by atomic mass is 10.1. The molecule has 0 saturated heterocycles. The van der Waals surface area contributed by atoms with E-state index < -0.39 is 0 Å². The molecule has 0 N–H and O–H groups in total. The monoisotopic (exact) mass is 459 g/mol. The molecule has 0 aliphatic heterocycles. The number of fused-ring (bicyclic) bond motifs is 1. The van der Waals surface area contributed by atoms with Gasteiger partial charge in [-0.2, -0.15) is 0 Å². The first kappa shape index (κ1) is 23.1. The number of aryl methyl sites for hydroxylation is 2. The quantitative estimate of drug-likeness (QED) is 0.197. The van der Waals surface area contributed by atoms with Gasteiger partial charge in [0.15, 0.2) is 10.9 Å². The minimum absolute atomic E-state index is 0.0553. The number of thioether (sulfide) groups is 1. The summed E-state index contributed by atoms with van der Waals surface area (Å²) in [5.74, 6) is 0.287. The van der Waals surface area contributed by atoms with Crippen LogP contribution in [0.3, 0.4) is 0 Å². The van der Waals surface area contributed by atoms with Crippen LogP contribution in [0.5, 0.6) is 0 Å². The molecule has 6 heteroatoms. The molecular formula is C27H29N3O2S. The van der Waals surface area contributed by atoms with Crippen LogP contribution >= 0.6 is 11.8 Å². The summed E-state index contributed by atoms with van der Waals surface area (Å²) in [6.07, 6.45) is 1.02. The van der Waals surface area contributed by atoms with Gasteiger partial charge < -0.3 is 4.57 Å². The molecule has 0 atom stereocenters. The second-order valence-corrected chi connectivity index (χ2v) is 9.38. The van der Waals surface area contributed by atoms with E-state index in [1.165, 1.54) is 17.3 Å². The Labute approximate surface area is 198 Å². The molecule has 33 heavy (non-hydrogen) atoms. The topological polar surface area (TPSA) is 56.9 Å². The highest BCUT2D eigenvalue weighted by Gasteiger charge is 2.18. The molecule has 0 aliphatic rings. The first-order valence-corrected chi connectivity index (χ1v) is 12.3. The van der Waals surface area contributed by atoms with Crippen LogP contribution in [0.1, 0.15) is 46.2 Å². The van der Waals surface area contributed by atoms with Gasteiger partial charge in [0.2, 0.25) is 0 Å². The van der Waals surface area contributed by atoms with Crippen molar-refractivity contribution in [3.8, 4) is 0 Å². The van der Waals surface area contributed by atoms with E-state index >= 15 is 0 Å². The number of rotatable bonds is 8. The number of carbonyl (C=O) groups excluding carboxylic acids is 1. The molecular weight excluding hydrogens is 430 g/mol. The Bertz CT molecular complexity index is 1370. The summed E-state index contributed by atoms with van der Waals surface area (Å²) in [4.78, 5) is 31.2. The predicted molar refractivity (Wildman–Crippen MR) is 136 cm³/mol. The number of hydrogen-bond donors (Lipinski definition) is 0. The van der Waals surface area contributed by atoms with Crippen molar-refractivity contribution in [1.29, 1.82) is 0 Å². The molecule has 0 spiro atoms. The fraction of sp³-hybridized carbons (Fsp3) is 0.296.